The van der Waals surface area contributed by atoms with Crippen LogP contribution >= 0.6 is 0 Å². The van der Waals surface area contributed by atoms with E-state index in [-0.39, 0.29) is 66.8 Å². The quantitative estimate of drug-likeness (QED) is 0.198. The van der Waals surface area contributed by atoms with Crippen LogP contribution in [0.5, 0.6) is 0 Å². The van der Waals surface area contributed by atoms with E-state index in [1.54, 1.807) is 0 Å². The molecule has 0 aromatic heterocycles. The first kappa shape index (κ1) is 30.2. The maximum atomic E-state index is 3.39. The molecule has 1 aliphatic carbocycles. The van der Waals surface area contributed by atoms with Crippen molar-refractivity contribution < 1.29 is 51.0 Å². The molecule has 0 bridgehead atoms. The number of hydrogen-bond donors (Lipinski definition) is 0. The fourth-order valence-electron chi connectivity index (χ4n) is 3.14. The fraction of sp³-hybridized carbons (Fsp3) is 0.192. The first-order valence-electron chi connectivity index (χ1n) is 9.86. The van der Waals surface area contributed by atoms with Crippen LogP contribution in [0.1, 0.15) is 11.1 Å². The van der Waals surface area contributed by atoms with Crippen molar-refractivity contribution in [3.63, 3.8) is 0 Å². The summed E-state index contributed by atoms with van der Waals surface area (Å²) in [6.45, 7) is 9.55. The van der Waals surface area contributed by atoms with Gasteiger partial charge in [0.05, 0.1) is 0 Å². The Hall–Kier alpha value is -0.833. The summed E-state index contributed by atoms with van der Waals surface area (Å²) >= 11 is 0. The van der Waals surface area contributed by atoms with Gasteiger partial charge in [0, 0.05) is 0 Å². The SMILES string of the molecule is C[Si](C)=[Si](C)C.[Cl-].[Cl-].[Zr+4].[c-]1cccc2ccc3c(c12)Cc1ccccc1-3.c1cc[cH-]c1. The smallest absolute Gasteiger partial charge is 1.00 e. The number of fused-ring (bicyclic) bond motifs is 5. The van der Waals surface area contributed by atoms with Crippen LogP contribution in [0.25, 0.3) is 21.9 Å². The molecule has 4 aromatic carbocycles. The van der Waals surface area contributed by atoms with Gasteiger partial charge >= 0.3 is 26.2 Å². The van der Waals surface area contributed by atoms with Gasteiger partial charge in [-0.25, -0.2) is 12.1 Å². The molecule has 0 fully saturated rings. The van der Waals surface area contributed by atoms with Gasteiger partial charge in [-0.3, -0.25) is 0 Å². The van der Waals surface area contributed by atoms with Gasteiger partial charge in [-0.2, -0.15) is 18.2 Å². The van der Waals surface area contributed by atoms with Crippen molar-refractivity contribution in [2.24, 2.45) is 0 Å². The van der Waals surface area contributed by atoms with E-state index >= 15 is 0 Å². The minimum Gasteiger partial charge on any atom is -1.00 e. The molecule has 158 valence electrons. The van der Waals surface area contributed by atoms with Crippen molar-refractivity contribution in [1.29, 1.82) is 0 Å². The summed E-state index contributed by atoms with van der Waals surface area (Å²) in [4.78, 5) is 0. The van der Waals surface area contributed by atoms with Crippen LogP contribution in [0, 0.1) is 6.07 Å². The monoisotopic (exact) mass is 556 g/mol. The van der Waals surface area contributed by atoms with E-state index in [4.69, 9.17) is 0 Å². The molecule has 0 amide bonds. The molecule has 0 radical (unpaired) electrons. The second-order valence-corrected chi connectivity index (χ2v) is 17.5. The van der Waals surface area contributed by atoms with E-state index < -0.39 is 0 Å². The Morgan fingerprint density at radius 2 is 1.39 bits per heavy atom. The minimum absolute atomic E-state index is 0. The van der Waals surface area contributed by atoms with Gasteiger partial charge in [0.2, 0.25) is 0 Å². The number of halogens is 2. The molecule has 0 heterocycles. The Morgan fingerprint density at radius 3 is 1.97 bits per heavy atom. The van der Waals surface area contributed by atoms with Crippen LogP contribution in [0.4, 0.5) is 0 Å². The van der Waals surface area contributed by atoms with E-state index in [0.29, 0.717) is 0 Å². The third-order valence-electron chi connectivity index (χ3n) is 5.18. The van der Waals surface area contributed by atoms with E-state index in [1.807, 2.05) is 36.4 Å². The molecule has 0 saturated carbocycles. The Balaban J connectivity index is 0.000000546. The number of hydrogen-bond acceptors (Lipinski definition) is 0. The fourth-order valence-corrected chi connectivity index (χ4v) is 3.14. The zero-order valence-electron chi connectivity index (χ0n) is 18.5. The zero-order valence-corrected chi connectivity index (χ0v) is 24.5. The van der Waals surface area contributed by atoms with Crippen LogP contribution in [0.3, 0.4) is 0 Å². The molecular weight excluding hydrogens is 531 g/mol. The van der Waals surface area contributed by atoms with E-state index in [0.717, 1.165) is 6.42 Å². The second kappa shape index (κ2) is 15.1. The van der Waals surface area contributed by atoms with E-state index in [1.165, 1.54) is 33.0 Å². The molecule has 0 aliphatic heterocycles. The van der Waals surface area contributed by atoms with Gasteiger partial charge in [-0.05, 0) is 33.3 Å². The van der Waals surface area contributed by atoms with Gasteiger partial charge in [-0.1, -0.05) is 68.1 Å². The molecule has 5 rings (SSSR count). The largest absolute Gasteiger partial charge is 4.00 e. The van der Waals surface area contributed by atoms with Crippen LogP contribution in [0.2, 0.25) is 26.2 Å². The van der Waals surface area contributed by atoms with Crippen molar-refractivity contribution in [2.75, 3.05) is 0 Å². The summed E-state index contributed by atoms with van der Waals surface area (Å²) in [5, 5.41) is 2.57. The van der Waals surface area contributed by atoms with Crippen molar-refractivity contribution in [2.45, 2.75) is 32.6 Å². The number of rotatable bonds is 0. The van der Waals surface area contributed by atoms with Crippen molar-refractivity contribution >= 4 is 26.6 Å². The number of benzene rings is 3. The second-order valence-electron chi connectivity index (χ2n) is 7.52. The van der Waals surface area contributed by atoms with Crippen molar-refractivity contribution in [3.8, 4) is 11.1 Å². The summed E-state index contributed by atoms with van der Waals surface area (Å²) in [5.74, 6) is 0. The molecule has 0 atom stereocenters. The Labute approximate surface area is 221 Å². The Kier molecular flexibility index (Phi) is 14.7. The average Bonchev–Trinajstić information content (AvgIpc) is 3.40. The first-order valence-corrected chi connectivity index (χ1v) is 15.9. The first-order chi connectivity index (χ1) is 13.6. The molecule has 5 heteroatoms. The van der Waals surface area contributed by atoms with Crippen LogP contribution in [0.15, 0.2) is 84.9 Å². The Morgan fingerprint density at radius 1 is 0.742 bits per heavy atom. The molecule has 1 aliphatic rings. The maximum absolute atomic E-state index is 3.39. The normalized spacial score (nSPS) is 9.68. The van der Waals surface area contributed by atoms with Gasteiger partial charge in [-0.15, -0.1) is 40.6 Å². The van der Waals surface area contributed by atoms with E-state index in [9.17, 15) is 0 Å². The predicted molar refractivity (Wildman–Crippen MR) is 128 cm³/mol. The van der Waals surface area contributed by atoms with E-state index in [2.05, 4.69) is 80.8 Å². The molecule has 0 unspecified atom stereocenters. The maximum Gasteiger partial charge on any atom is 4.00 e. The summed E-state index contributed by atoms with van der Waals surface area (Å²) in [5.41, 5.74) is 5.65. The third-order valence-corrected chi connectivity index (χ3v) is 13.2. The molecule has 4 aromatic rings. The molecule has 31 heavy (non-hydrogen) atoms. The molecule has 0 nitrogen and oxygen atoms in total. The van der Waals surface area contributed by atoms with Gasteiger partial charge in [0.25, 0.3) is 0 Å². The predicted octanol–water partition coefficient (Wildman–Crippen LogP) is 1.20. The zero-order chi connectivity index (χ0) is 19.9. The van der Waals surface area contributed by atoms with Crippen LogP contribution < -0.4 is 24.8 Å². The summed E-state index contributed by atoms with van der Waals surface area (Å²) < 4.78 is 0. The summed E-state index contributed by atoms with van der Waals surface area (Å²) in [6, 6.07) is 32.7. The average molecular weight is 559 g/mol. The molecular formula is C26H28Cl2Si2Zr. The van der Waals surface area contributed by atoms with Crippen LogP contribution in [-0.2, 0) is 32.6 Å². The molecule has 0 N–H and O–H groups in total. The standard InChI is InChI=1S/C17H11.C5H5.C4H12Si2.2ClH.Zr/c1-3-7-14-12(5-1)9-10-16-15-8-4-2-6-13(15)11-17(14)16;1-2-4-5-3-1;1-5(2)6(3)4;;;/h1-6,8-10H,11H2;1-5H;1-4H3;2*1H;/q2*-1;;;;+4/p-2. The van der Waals surface area contributed by atoms with Gasteiger partial charge < -0.3 is 24.8 Å². The minimum atomic E-state index is 0. The van der Waals surface area contributed by atoms with Crippen molar-refractivity contribution in [3.05, 3.63) is 102 Å². The molecule has 0 spiro atoms. The Bertz CT molecular complexity index is 1050. The summed E-state index contributed by atoms with van der Waals surface area (Å²) in [6.07, 6.45) is 1.04. The van der Waals surface area contributed by atoms with Crippen LogP contribution in [-0.4, -0.2) is 15.8 Å². The van der Waals surface area contributed by atoms with Crippen molar-refractivity contribution in [1.82, 2.24) is 0 Å². The van der Waals surface area contributed by atoms with Gasteiger partial charge in [0.15, 0.2) is 0 Å². The van der Waals surface area contributed by atoms with Gasteiger partial charge in [0.1, 0.15) is 0 Å². The summed E-state index contributed by atoms with van der Waals surface area (Å²) in [7, 11) is 0.300. The topological polar surface area (TPSA) is 0 Å². The third kappa shape index (κ3) is 8.22. The molecule has 0 saturated heterocycles.